The molecule has 3 heteroatoms. The van der Waals surface area contributed by atoms with Crippen LogP contribution < -0.4 is 14.7 Å². The molecule has 8 aromatic rings. The first-order valence-electron chi connectivity index (χ1n) is 19.2. The Balaban J connectivity index is 1.16. The van der Waals surface area contributed by atoms with Gasteiger partial charge in [-0.1, -0.05) is 146 Å². The van der Waals surface area contributed by atoms with E-state index in [0.717, 1.165) is 67.8 Å². The molecule has 0 aliphatic carbocycles. The Morgan fingerprint density at radius 1 is 0.281 bits per heavy atom. The summed E-state index contributed by atoms with van der Waals surface area (Å²) in [7, 11) is 0. The zero-order valence-corrected chi connectivity index (χ0v) is 31.7. The molecule has 0 heterocycles. The van der Waals surface area contributed by atoms with E-state index in [0.29, 0.717) is 0 Å². The molecule has 0 fully saturated rings. The molecule has 0 aromatic heterocycles. The number of hydrogen-bond donors (Lipinski definition) is 0. The van der Waals surface area contributed by atoms with Crippen LogP contribution in [0.5, 0.6) is 0 Å². The fourth-order valence-corrected chi connectivity index (χ4v) is 7.12. The summed E-state index contributed by atoms with van der Waals surface area (Å²) in [5.41, 5.74) is 13.2. The fourth-order valence-electron chi connectivity index (χ4n) is 7.12. The predicted molar refractivity (Wildman–Crippen MR) is 244 cm³/mol. The van der Waals surface area contributed by atoms with E-state index >= 15 is 0 Å². The van der Waals surface area contributed by atoms with Gasteiger partial charge in [0.1, 0.15) is 0 Å². The quantitative estimate of drug-likeness (QED) is 0.109. The summed E-state index contributed by atoms with van der Waals surface area (Å²) >= 11 is 0. The van der Waals surface area contributed by atoms with E-state index in [2.05, 4.69) is 252 Å². The Morgan fingerprint density at radius 2 is 0.579 bits per heavy atom. The maximum atomic E-state index is 3.86. The molecular weight excluding hydrogens is 691 g/mol. The van der Waals surface area contributed by atoms with Gasteiger partial charge in [-0.15, -0.1) is 0 Å². The normalized spacial score (nSPS) is 11.1. The van der Waals surface area contributed by atoms with Gasteiger partial charge in [-0.05, 0) is 125 Å². The van der Waals surface area contributed by atoms with Crippen molar-refractivity contribution in [2.45, 2.75) is 0 Å². The lowest BCUT2D eigenvalue weighted by molar-refractivity contribution is 1.27. The zero-order valence-electron chi connectivity index (χ0n) is 31.7. The summed E-state index contributed by atoms with van der Waals surface area (Å²) in [5.74, 6) is 0. The van der Waals surface area contributed by atoms with Gasteiger partial charge in [0.15, 0.2) is 0 Å². The van der Waals surface area contributed by atoms with Crippen LogP contribution in [-0.4, -0.2) is 0 Å². The Morgan fingerprint density at radius 3 is 0.912 bits per heavy atom. The first-order chi connectivity index (χ1) is 28.2. The van der Waals surface area contributed by atoms with E-state index in [4.69, 9.17) is 0 Å². The number of rotatable bonds is 13. The van der Waals surface area contributed by atoms with Crippen LogP contribution in [0, 0.1) is 0 Å². The average Bonchev–Trinajstić information content (AvgIpc) is 3.28. The molecule has 0 amide bonds. The van der Waals surface area contributed by atoms with Gasteiger partial charge < -0.3 is 14.7 Å². The van der Waals surface area contributed by atoms with Crippen molar-refractivity contribution in [2.24, 2.45) is 0 Å². The summed E-state index contributed by atoms with van der Waals surface area (Å²) in [4.78, 5) is 6.84. The van der Waals surface area contributed by atoms with Gasteiger partial charge in [0, 0.05) is 51.7 Å². The molecule has 3 nitrogen and oxygen atoms in total. The van der Waals surface area contributed by atoms with Crippen molar-refractivity contribution < 1.29 is 0 Å². The molecule has 0 unspecified atom stereocenters. The highest BCUT2D eigenvalue weighted by molar-refractivity contribution is 5.83. The number of para-hydroxylation sites is 4. The summed E-state index contributed by atoms with van der Waals surface area (Å²) < 4.78 is 0. The first kappa shape index (κ1) is 36.4. The average molecular weight is 734 g/mol. The Bertz CT molecular complexity index is 2350. The van der Waals surface area contributed by atoms with E-state index < -0.39 is 0 Å². The van der Waals surface area contributed by atoms with Crippen LogP contribution in [0.4, 0.5) is 45.5 Å². The van der Waals surface area contributed by atoms with Gasteiger partial charge >= 0.3 is 0 Å². The second-order valence-electron chi connectivity index (χ2n) is 13.5. The minimum absolute atomic E-state index is 1.05. The lowest BCUT2D eigenvalue weighted by atomic mass is 10.0. The number of allylic oxidation sites excluding steroid dienone is 4. The number of benzene rings is 8. The molecule has 0 saturated heterocycles. The molecule has 0 N–H and O–H groups in total. The molecule has 0 aliphatic rings. The van der Waals surface area contributed by atoms with Crippen LogP contribution in [0.25, 0.3) is 22.3 Å². The van der Waals surface area contributed by atoms with Gasteiger partial charge in [-0.25, -0.2) is 0 Å². The topological polar surface area (TPSA) is 9.72 Å². The Hall–Kier alpha value is -7.62. The largest absolute Gasteiger partial charge is 0.317 e. The minimum Gasteiger partial charge on any atom is -0.317 e. The molecule has 0 spiro atoms. The summed E-state index contributed by atoms with van der Waals surface area (Å²) in [6.45, 7) is 3.86. The molecule has 274 valence electrons. The van der Waals surface area contributed by atoms with Crippen LogP contribution in [-0.2, 0) is 0 Å². The smallest absolute Gasteiger partial charge is 0.0467 e. The van der Waals surface area contributed by atoms with E-state index in [1.54, 1.807) is 6.08 Å². The van der Waals surface area contributed by atoms with Crippen molar-refractivity contribution in [1.82, 2.24) is 0 Å². The van der Waals surface area contributed by atoms with Crippen molar-refractivity contribution in [2.75, 3.05) is 14.7 Å². The van der Waals surface area contributed by atoms with E-state index in [9.17, 15) is 0 Å². The lowest BCUT2D eigenvalue weighted by Crippen LogP contribution is -2.10. The van der Waals surface area contributed by atoms with Gasteiger partial charge in [0.05, 0.1) is 0 Å². The second kappa shape index (κ2) is 17.7. The minimum atomic E-state index is 1.05. The highest BCUT2D eigenvalue weighted by Crippen LogP contribution is 2.39. The molecule has 8 aromatic carbocycles. The van der Waals surface area contributed by atoms with Crippen LogP contribution in [0.1, 0.15) is 0 Å². The molecule has 0 radical (unpaired) electrons. The van der Waals surface area contributed by atoms with Crippen molar-refractivity contribution in [3.63, 3.8) is 0 Å². The first-order valence-corrected chi connectivity index (χ1v) is 19.2. The molecular formula is C54H43N3. The van der Waals surface area contributed by atoms with E-state index in [1.807, 2.05) is 12.2 Å². The third-order valence-electron chi connectivity index (χ3n) is 9.78. The maximum absolute atomic E-state index is 3.86. The summed E-state index contributed by atoms with van der Waals surface area (Å²) in [5, 5.41) is 0. The van der Waals surface area contributed by atoms with Crippen molar-refractivity contribution in [3.05, 3.63) is 255 Å². The van der Waals surface area contributed by atoms with E-state index in [1.165, 1.54) is 0 Å². The Kier molecular flexibility index (Phi) is 11.3. The highest BCUT2D eigenvalue weighted by atomic mass is 15.1. The van der Waals surface area contributed by atoms with Gasteiger partial charge in [0.25, 0.3) is 0 Å². The van der Waals surface area contributed by atoms with E-state index in [-0.39, 0.29) is 0 Å². The Labute approximate surface area is 336 Å². The standard InChI is InChI=1S/C54H43N3/c1-2-3-4-17-38-55(51-34-18-22-43(39-51)45-24-20-36-53(41-45)56(47-26-9-5-10-27-47)48-28-11-6-12-29-48)52-35-19-23-44(40-52)46-25-21-37-54(42-46)57(49-30-13-7-14-31-49)50-32-15-8-16-33-50/h2-42H,1H2/b4-3-,38-17+. The second-order valence-corrected chi connectivity index (χ2v) is 13.5. The summed E-state index contributed by atoms with van der Waals surface area (Å²) in [6.07, 6.45) is 9.90. The third-order valence-corrected chi connectivity index (χ3v) is 9.78. The van der Waals surface area contributed by atoms with Gasteiger partial charge in [-0.3, -0.25) is 0 Å². The van der Waals surface area contributed by atoms with Crippen LogP contribution >= 0.6 is 0 Å². The lowest BCUT2D eigenvalue weighted by Gasteiger charge is -2.26. The van der Waals surface area contributed by atoms with Crippen LogP contribution in [0.3, 0.4) is 0 Å². The van der Waals surface area contributed by atoms with Crippen molar-refractivity contribution in [3.8, 4) is 22.3 Å². The highest BCUT2D eigenvalue weighted by Gasteiger charge is 2.16. The molecule has 0 aliphatic heterocycles. The van der Waals surface area contributed by atoms with Crippen LogP contribution in [0.15, 0.2) is 255 Å². The zero-order chi connectivity index (χ0) is 38.7. The fraction of sp³-hybridized carbons (Fsp3) is 0. The van der Waals surface area contributed by atoms with Crippen molar-refractivity contribution in [1.29, 1.82) is 0 Å². The van der Waals surface area contributed by atoms with Gasteiger partial charge in [0.2, 0.25) is 0 Å². The number of nitrogens with zero attached hydrogens (tertiary/aromatic N) is 3. The number of hydrogen-bond acceptors (Lipinski definition) is 3. The maximum Gasteiger partial charge on any atom is 0.0467 e. The monoisotopic (exact) mass is 733 g/mol. The summed E-state index contributed by atoms with van der Waals surface area (Å²) in [6, 6.07) is 77.2. The SMILES string of the molecule is C=C/C=C\C=C\N(c1cccc(-c2cccc(N(c3ccccc3)c3ccccc3)c2)c1)c1cccc(-c2cccc(N(c3ccccc3)c3ccccc3)c2)c1. The van der Waals surface area contributed by atoms with Gasteiger partial charge in [-0.2, -0.15) is 0 Å². The molecule has 0 saturated carbocycles. The predicted octanol–water partition coefficient (Wildman–Crippen LogP) is 15.4. The number of anilines is 8. The molecule has 57 heavy (non-hydrogen) atoms. The molecule has 0 atom stereocenters. The molecule has 8 rings (SSSR count). The third kappa shape index (κ3) is 8.54. The molecule has 0 bridgehead atoms. The van der Waals surface area contributed by atoms with Crippen molar-refractivity contribution >= 4 is 45.5 Å². The van der Waals surface area contributed by atoms with Crippen LogP contribution in [0.2, 0.25) is 0 Å².